The van der Waals surface area contributed by atoms with Gasteiger partial charge in [-0.25, -0.2) is 0 Å². The van der Waals surface area contributed by atoms with Gasteiger partial charge in [0.1, 0.15) is 12.3 Å². The maximum absolute atomic E-state index is 10.8. The highest BCUT2D eigenvalue weighted by Crippen LogP contribution is 2.33. The first-order valence-electron chi connectivity index (χ1n) is 9.03. The predicted octanol–water partition coefficient (Wildman–Crippen LogP) is 4.28. The average Bonchev–Trinajstić information content (AvgIpc) is 2.67. The zero-order valence-electron chi connectivity index (χ0n) is 14.6. The van der Waals surface area contributed by atoms with Crippen molar-refractivity contribution in [2.75, 3.05) is 13.1 Å². The summed E-state index contributed by atoms with van der Waals surface area (Å²) in [7, 11) is 0. The Kier molecular flexibility index (Phi) is 6.13. The van der Waals surface area contributed by atoms with Crippen LogP contribution in [0, 0.1) is 0 Å². The van der Waals surface area contributed by atoms with E-state index in [4.69, 9.17) is 11.6 Å². The molecule has 0 bridgehead atoms. The Morgan fingerprint density at radius 1 is 0.920 bits per heavy atom. The SMILES string of the molecule is CC(c1ccccc1-c1ccc(Cl)cc1)C(O)C(O)N1CCCCC1. The lowest BCUT2D eigenvalue weighted by Gasteiger charge is -2.36. The highest BCUT2D eigenvalue weighted by atomic mass is 35.5. The minimum atomic E-state index is -0.827. The summed E-state index contributed by atoms with van der Waals surface area (Å²) in [4.78, 5) is 2.00. The molecule has 2 N–H and O–H groups in total. The van der Waals surface area contributed by atoms with E-state index in [2.05, 4.69) is 6.07 Å². The van der Waals surface area contributed by atoms with E-state index in [1.165, 1.54) is 6.42 Å². The molecule has 1 aliphatic rings. The standard InChI is InChI=1S/C21H26ClNO2/c1-15(20(24)21(25)23-13-5-2-6-14-23)18-7-3-4-8-19(18)16-9-11-17(22)12-10-16/h3-4,7-12,15,20-21,24-25H,2,5-6,13-14H2,1H3. The molecule has 0 saturated carbocycles. The molecule has 3 atom stereocenters. The van der Waals surface area contributed by atoms with Crippen LogP contribution in [0.4, 0.5) is 0 Å². The summed E-state index contributed by atoms with van der Waals surface area (Å²) >= 11 is 6.00. The van der Waals surface area contributed by atoms with Gasteiger partial charge in [-0.1, -0.05) is 61.3 Å². The first-order chi connectivity index (χ1) is 12.1. The second-order valence-electron chi connectivity index (χ2n) is 6.88. The molecule has 3 unspecified atom stereocenters. The van der Waals surface area contributed by atoms with Crippen LogP contribution in [0.15, 0.2) is 48.5 Å². The Labute approximate surface area is 154 Å². The van der Waals surface area contributed by atoms with Gasteiger partial charge in [0.15, 0.2) is 0 Å². The lowest BCUT2D eigenvalue weighted by atomic mass is 9.87. The number of halogens is 1. The second-order valence-corrected chi connectivity index (χ2v) is 7.32. The van der Waals surface area contributed by atoms with Crippen LogP contribution in [0.5, 0.6) is 0 Å². The minimum Gasteiger partial charge on any atom is -0.388 e. The maximum atomic E-state index is 10.8. The van der Waals surface area contributed by atoms with E-state index < -0.39 is 12.3 Å². The monoisotopic (exact) mass is 359 g/mol. The summed E-state index contributed by atoms with van der Waals surface area (Å²) < 4.78 is 0. The number of aliphatic hydroxyl groups excluding tert-OH is 2. The molecule has 0 aromatic heterocycles. The van der Waals surface area contributed by atoms with Gasteiger partial charge in [-0.2, -0.15) is 0 Å². The van der Waals surface area contributed by atoms with E-state index in [0.29, 0.717) is 5.02 Å². The summed E-state index contributed by atoms with van der Waals surface area (Å²) in [6.07, 6.45) is 1.72. The molecule has 0 amide bonds. The third-order valence-electron chi connectivity index (χ3n) is 5.19. The number of piperidine rings is 1. The number of nitrogens with zero attached hydrogens (tertiary/aromatic N) is 1. The molecule has 0 aliphatic carbocycles. The van der Waals surface area contributed by atoms with Crippen LogP contribution in [0.2, 0.25) is 5.02 Å². The van der Waals surface area contributed by atoms with Crippen molar-refractivity contribution in [2.24, 2.45) is 0 Å². The van der Waals surface area contributed by atoms with Gasteiger partial charge in [0.2, 0.25) is 0 Å². The fraction of sp³-hybridized carbons (Fsp3) is 0.429. The van der Waals surface area contributed by atoms with Crippen LogP contribution >= 0.6 is 11.6 Å². The van der Waals surface area contributed by atoms with Gasteiger partial charge >= 0.3 is 0 Å². The molecule has 0 radical (unpaired) electrons. The fourth-order valence-electron chi connectivity index (χ4n) is 3.63. The zero-order valence-corrected chi connectivity index (χ0v) is 15.4. The number of likely N-dealkylation sites (tertiary alicyclic amines) is 1. The van der Waals surface area contributed by atoms with Gasteiger partial charge in [-0.3, -0.25) is 4.90 Å². The molecule has 4 heteroatoms. The molecular weight excluding hydrogens is 334 g/mol. The van der Waals surface area contributed by atoms with Gasteiger partial charge in [-0.15, -0.1) is 0 Å². The highest BCUT2D eigenvalue weighted by molar-refractivity contribution is 6.30. The number of hydrogen-bond donors (Lipinski definition) is 2. The Morgan fingerprint density at radius 2 is 1.56 bits per heavy atom. The van der Waals surface area contributed by atoms with Gasteiger partial charge in [0.05, 0.1) is 0 Å². The Hall–Kier alpha value is -1.39. The summed E-state index contributed by atoms with van der Waals surface area (Å²) in [5.74, 6) is -0.177. The summed E-state index contributed by atoms with van der Waals surface area (Å²) in [6.45, 7) is 3.68. The van der Waals surface area contributed by atoms with Crippen LogP contribution in [-0.4, -0.2) is 40.5 Å². The number of benzene rings is 2. The van der Waals surface area contributed by atoms with Crippen LogP contribution in [-0.2, 0) is 0 Å². The third kappa shape index (κ3) is 4.24. The van der Waals surface area contributed by atoms with Gasteiger partial charge < -0.3 is 10.2 Å². The zero-order chi connectivity index (χ0) is 17.8. The van der Waals surface area contributed by atoms with E-state index in [0.717, 1.165) is 42.6 Å². The van der Waals surface area contributed by atoms with Crippen LogP contribution in [0.3, 0.4) is 0 Å². The van der Waals surface area contributed by atoms with Crippen molar-refractivity contribution in [1.82, 2.24) is 4.90 Å². The number of hydrogen-bond acceptors (Lipinski definition) is 3. The molecule has 2 aromatic carbocycles. The lowest BCUT2D eigenvalue weighted by molar-refractivity contribution is -0.0965. The predicted molar refractivity (Wildman–Crippen MR) is 103 cm³/mol. The molecule has 1 aliphatic heterocycles. The molecule has 134 valence electrons. The summed E-state index contributed by atoms with van der Waals surface area (Å²) in [6, 6.07) is 15.8. The normalized spacial score (nSPS) is 19.4. The Balaban J connectivity index is 1.84. The fourth-order valence-corrected chi connectivity index (χ4v) is 3.75. The number of rotatable bonds is 5. The smallest absolute Gasteiger partial charge is 0.134 e. The Morgan fingerprint density at radius 3 is 2.24 bits per heavy atom. The molecule has 3 nitrogen and oxygen atoms in total. The Bertz CT molecular complexity index is 683. The molecule has 1 heterocycles. The van der Waals surface area contributed by atoms with E-state index in [9.17, 15) is 10.2 Å². The quantitative estimate of drug-likeness (QED) is 0.837. The summed E-state index contributed by atoms with van der Waals surface area (Å²) in [5.41, 5.74) is 3.16. The van der Waals surface area contributed by atoms with E-state index in [-0.39, 0.29) is 5.92 Å². The minimum absolute atomic E-state index is 0.177. The van der Waals surface area contributed by atoms with Crippen LogP contribution in [0.1, 0.15) is 37.7 Å². The van der Waals surface area contributed by atoms with Crippen LogP contribution in [0.25, 0.3) is 11.1 Å². The van der Waals surface area contributed by atoms with E-state index in [1.807, 2.05) is 54.3 Å². The lowest BCUT2D eigenvalue weighted by Crippen LogP contribution is -2.47. The molecular formula is C21H26ClNO2. The third-order valence-corrected chi connectivity index (χ3v) is 5.44. The number of aliphatic hydroxyl groups is 2. The van der Waals surface area contributed by atoms with Gasteiger partial charge in [-0.05, 0) is 41.7 Å². The first kappa shape index (κ1) is 18.4. The largest absolute Gasteiger partial charge is 0.388 e. The van der Waals surface area contributed by atoms with E-state index >= 15 is 0 Å². The maximum Gasteiger partial charge on any atom is 0.134 e. The van der Waals surface area contributed by atoms with Crippen LogP contribution < -0.4 is 0 Å². The van der Waals surface area contributed by atoms with Crippen molar-refractivity contribution in [3.63, 3.8) is 0 Å². The second kappa shape index (κ2) is 8.33. The van der Waals surface area contributed by atoms with Crippen molar-refractivity contribution >= 4 is 11.6 Å². The molecule has 2 aromatic rings. The first-order valence-corrected chi connectivity index (χ1v) is 9.41. The highest BCUT2D eigenvalue weighted by Gasteiger charge is 2.30. The molecule has 1 fully saturated rings. The molecule has 1 saturated heterocycles. The van der Waals surface area contributed by atoms with Gasteiger partial charge in [0.25, 0.3) is 0 Å². The van der Waals surface area contributed by atoms with Crippen molar-refractivity contribution in [2.45, 2.75) is 44.4 Å². The summed E-state index contributed by atoms with van der Waals surface area (Å²) in [5, 5.41) is 22.1. The van der Waals surface area contributed by atoms with Gasteiger partial charge in [0, 0.05) is 24.0 Å². The van der Waals surface area contributed by atoms with Crippen molar-refractivity contribution in [3.8, 4) is 11.1 Å². The van der Waals surface area contributed by atoms with E-state index in [1.54, 1.807) is 0 Å². The topological polar surface area (TPSA) is 43.7 Å². The molecule has 3 rings (SSSR count). The van der Waals surface area contributed by atoms with Crippen molar-refractivity contribution in [3.05, 3.63) is 59.1 Å². The van der Waals surface area contributed by atoms with Crippen molar-refractivity contribution in [1.29, 1.82) is 0 Å². The van der Waals surface area contributed by atoms with Crippen molar-refractivity contribution < 1.29 is 10.2 Å². The molecule has 25 heavy (non-hydrogen) atoms. The average molecular weight is 360 g/mol. The molecule has 0 spiro atoms.